The molecular weight excluding hydrogens is 303 g/mol. The van der Waals surface area contributed by atoms with Gasteiger partial charge in [-0.2, -0.15) is 10.2 Å². The predicted molar refractivity (Wildman–Crippen MR) is 77.6 cm³/mol. The highest BCUT2D eigenvalue weighted by Gasteiger charge is 2.21. The average Bonchev–Trinajstić information content (AvgIpc) is 3.14. The second kappa shape index (κ2) is 6.34. The van der Waals surface area contributed by atoms with Gasteiger partial charge in [0.15, 0.2) is 5.82 Å². The first-order valence-electron chi connectivity index (χ1n) is 6.86. The summed E-state index contributed by atoms with van der Waals surface area (Å²) in [6, 6.07) is 6.21. The molecule has 2 N–H and O–H groups in total. The fraction of sp³-hybridized carbons (Fsp3) is 0.214. The van der Waals surface area contributed by atoms with Crippen molar-refractivity contribution >= 4 is 17.5 Å². The summed E-state index contributed by atoms with van der Waals surface area (Å²) in [6.45, 7) is 0.492. The van der Waals surface area contributed by atoms with Gasteiger partial charge in [-0.05, 0) is 17.7 Å². The van der Waals surface area contributed by atoms with Crippen LogP contribution in [0.1, 0.15) is 17.8 Å². The Labute approximate surface area is 130 Å². The number of hydrogen-bond acceptors (Lipinski definition) is 5. The molecule has 1 aromatic carbocycles. The molecule has 3 rings (SSSR count). The number of amides is 2. The van der Waals surface area contributed by atoms with E-state index in [9.17, 15) is 14.0 Å². The summed E-state index contributed by atoms with van der Waals surface area (Å²) in [6.07, 6.45) is 1.47. The lowest BCUT2D eigenvalue weighted by Gasteiger charge is -2.02. The van der Waals surface area contributed by atoms with Gasteiger partial charge in [0, 0.05) is 0 Å². The Kier molecular flexibility index (Phi) is 4.09. The molecule has 0 saturated heterocycles. The Hall–Kier alpha value is -3.10. The normalized spacial score (nSPS) is 13.6. The number of halogens is 1. The molecule has 1 aliphatic rings. The number of carbonyl (C=O) groups is 2. The first-order chi connectivity index (χ1) is 11.1. The van der Waals surface area contributed by atoms with Crippen molar-refractivity contribution in [2.24, 2.45) is 5.10 Å². The molecule has 2 amide bonds. The molecule has 2 aromatic rings. The minimum Gasteiger partial charge on any atom is -0.344 e. The summed E-state index contributed by atoms with van der Waals surface area (Å²) >= 11 is 0. The Morgan fingerprint density at radius 2 is 2.30 bits per heavy atom. The molecule has 118 valence electrons. The van der Waals surface area contributed by atoms with E-state index in [-0.39, 0.29) is 30.4 Å². The van der Waals surface area contributed by atoms with Crippen molar-refractivity contribution in [2.75, 3.05) is 0 Å². The van der Waals surface area contributed by atoms with Crippen molar-refractivity contribution in [3.63, 3.8) is 0 Å². The molecule has 1 aromatic heterocycles. The van der Waals surface area contributed by atoms with Gasteiger partial charge in [-0.15, -0.1) is 0 Å². The smallest absolute Gasteiger partial charge is 0.268 e. The Bertz CT molecular complexity index is 785. The monoisotopic (exact) mass is 316 g/mol. The molecule has 0 aliphatic carbocycles. The largest absolute Gasteiger partial charge is 0.344 e. The summed E-state index contributed by atoms with van der Waals surface area (Å²) in [5, 5.41) is 10.4. The average molecular weight is 316 g/mol. The molecule has 2 heterocycles. The van der Waals surface area contributed by atoms with Gasteiger partial charge in [0.2, 0.25) is 5.91 Å². The molecule has 0 radical (unpaired) electrons. The minimum absolute atomic E-state index is 0.0345. The number of aromatic nitrogens is 3. The maximum Gasteiger partial charge on any atom is 0.268 e. The van der Waals surface area contributed by atoms with Crippen molar-refractivity contribution < 1.29 is 14.0 Å². The van der Waals surface area contributed by atoms with Gasteiger partial charge in [-0.3, -0.25) is 9.59 Å². The van der Waals surface area contributed by atoms with Gasteiger partial charge >= 0.3 is 0 Å². The third kappa shape index (κ3) is 3.76. The maximum atomic E-state index is 13.1. The zero-order chi connectivity index (χ0) is 16.2. The van der Waals surface area contributed by atoms with E-state index < -0.39 is 5.91 Å². The maximum absolute atomic E-state index is 13.1. The second-order valence-electron chi connectivity index (χ2n) is 4.94. The number of carbonyl (C=O) groups excluding carboxylic acids is 2. The van der Waals surface area contributed by atoms with Crippen LogP contribution in [-0.4, -0.2) is 32.3 Å². The van der Waals surface area contributed by atoms with Crippen LogP contribution in [0.2, 0.25) is 0 Å². The molecule has 0 saturated carbocycles. The van der Waals surface area contributed by atoms with Crippen LogP contribution in [0.4, 0.5) is 4.39 Å². The highest BCUT2D eigenvalue weighted by atomic mass is 19.1. The van der Waals surface area contributed by atoms with Gasteiger partial charge in [0.1, 0.15) is 17.9 Å². The first kappa shape index (κ1) is 14.8. The van der Waals surface area contributed by atoms with Crippen molar-refractivity contribution in [3.05, 3.63) is 47.8 Å². The Morgan fingerprint density at radius 1 is 1.43 bits per heavy atom. The summed E-state index contributed by atoms with van der Waals surface area (Å²) in [7, 11) is 0. The van der Waals surface area contributed by atoms with Crippen LogP contribution in [-0.2, 0) is 22.7 Å². The fourth-order valence-corrected chi connectivity index (χ4v) is 2.07. The Balaban J connectivity index is 1.55. The van der Waals surface area contributed by atoms with Crippen molar-refractivity contribution in [3.8, 4) is 0 Å². The molecule has 23 heavy (non-hydrogen) atoms. The lowest BCUT2D eigenvalue weighted by Crippen LogP contribution is -2.30. The summed E-state index contributed by atoms with van der Waals surface area (Å²) in [5.41, 5.74) is 3.10. The second-order valence-corrected chi connectivity index (χ2v) is 4.94. The number of nitrogens with one attached hydrogen (secondary N) is 2. The standard InChI is InChI=1S/C14H13FN6O2/c15-10-3-1-2-9(4-10)7-21-8-17-12(20-21)6-16-14(23)11-5-13(22)19-18-11/h1-4,8H,5-7H2,(H,16,23)(H,19,22). The van der Waals surface area contributed by atoms with E-state index in [1.807, 2.05) is 0 Å². The number of hydrogen-bond donors (Lipinski definition) is 2. The van der Waals surface area contributed by atoms with E-state index in [4.69, 9.17) is 0 Å². The topological polar surface area (TPSA) is 101 Å². The molecule has 0 bridgehead atoms. The van der Waals surface area contributed by atoms with Gasteiger partial charge in [0.05, 0.1) is 19.5 Å². The van der Waals surface area contributed by atoms with E-state index in [1.165, 1.54) is 18.5 Å². The molecular formula is C14H13FN6O2. The van der Waals surface area contributed by atoms with Gasteiger partial charge < -0.3 is 5.32 Å². The molecule has 0 spiro atoms. The molecule has 8 nitrogen and oxygen atoms in total. The SMILES string of the molecule is O=C1CC(C(=O)NCc2ncn(Cc3cccc(F)c3)n2)=NN1. The van der Waals surface area contributed by atoms with Gasteiger partial charge in [-0.25, -0.2) is 19.5 Å². The quantitative estimate of drug-likeness (QED) is 0.808. The van der Waals surface area contributed by atoms with Crippen molar-refractivity contribution in [1.82, 2.24) is 25.5 Å². The van der Waals surface area contributed by atoms with Crippen LogP contribution in [0.15, 0.2) is 35.7 Å². The first-order valence-corrected chi connectivity index (χ1v) is 6.86. The van der Waals surface area contributed by atoms with E-state index in [0.717, 1.165) is 5.56 Å². The minimum atomic E-state index is -0.440. The number of rotatable bonds is 5. The number of hydrazone groups is 1. The van der Waals surface area contributed by atoms with Crippen LogP contribution in [0.5, 0.6) is 0 Å². The van der Waals surface area contributed by atoms with Crippen molar-refractivity contribution in [1.29, 1.82) is 0 Å². The van der Waals surface area contributed by atoms with Crippen LogP contribution in [0, 0.1) is 5.82 Å². The van der Waals surface area contributed by atoms with Gasteiger partial charge in [0.25, 0.3) is 5.91 Å². The Morgan fingerprint density at radius 3 is 3.04 bits per heavy atom. The van der Waals surface area contributed by atoms with E-state index in [1.54, 1.807) is 16.8 Å². The summed E-state index contributed by atoms with van der Waals surface area (Å²) in [5.74, 6) is -0.652. The van der Waals surface area contributed by atoms with Crippen LogP contribution >= 0.6 is 0 Å². The number of nitrogens with zero attached hydrogens (tertiary/aromatic N) is 4. The molecule has 0 unspecified atom stereocenters. The zero-order valence-corrected chi connectivity index (χ0v) is 12.0. The van der Waals surface area contributed by atoms with E-state index in [2.05, 4.69) is 25.9 Å². The lowest BCUT2D eigenvalue weighted by atomic mass is 10.2. The van der Waals surface area contributed by atoms with Crippen LogP contribution in [0.25, 0.3) is 0 Å². The summed E-state index contributed by atoms with van der Waals surface area (Å²) in [4.78, 5) is 26.8. The third-order valence-electron chi connectivity index (χ3n) is 3.13. The zero-order valence-electron chi connectivity index (χ0n) is 12.0. The molecule has 0 atom stereocenters. The fourth-order valence-electron chi connectivity index (χ4n) is 2.07. The van der Waals surface area contributed by atoms with Gasteiger partial charge in [-0.1, -0.05) is 12.1 Å². The van der Waals surface area contributed by atoms with Crippen LogP contribution < -0.4 is 10.7 Å². The van der Waals surface area contributed by atoms with E-state index in [0.29, 0.717) is 12.4 Å². The highest BCUT2D eigenvalue weighted by Crippen LogP contribution is 2.05. The predicted octanol–water partition coefficient (Wildman–Crippen LogP) is -0.0424. The van der Waals surface area contributed by atoms with E-state index >= 15 is 0 Å². The highest BCUT2D eigenvalue weighted by molar-refractivity contribution is 6.43. The molecule has 9 heteroatoms. The number of benzene rings is 1. The third-order valence-corrected chi connectivity index (χ3v) is 3.13. The van der Waals surface area contributed by atoms with Crippen LogP contribution in [0.3, 0.4) is 0 Å². The molecule has 1 aliphatic heterocycles. The lowest BCUT2D eigenvalue weighted by molar-refractivity contribution is -0.120. The molecule has 0 fully saturated rings. The van der Waals surface area contributed by atoms with Crippen molar-refractivity contribution in [2.45, 2.75) is 19.5 Å². The summed E-state index contributed by atoms with van der Waals surface area (Å²) < 4.78 is 14.7.